The van der Waals surface area contributed by atoms with E-state index >= 15 is 0 Å². The van der Waals surface area contributed by atoms with Gasteiger partial charge in [-0.05, 0) is 6.92 Å². The largest absolute Gasteiger partial charge is 0.394 e. The Hall–Kier alpha value is -0.190. The Kier molecular flexibility index (Phi) is 2.23. The van der Waals surface area contributed by atoms with Crippen LogP contribution in [0.2, 0.25) is 0 Å². The zero-order chi connectivity index (χ0) is 7.72. The van der Waals surface area contributed by atoms with Crippen molar-refractivity contribution in [2.45, 2.75) is 31.4 Å². The van der Waals surface area contributed by atoms with Crippen molar-refractivity contribution in [3.63, 3.8) is 0 Å². The third kappa shape index (κ3) is 1.14. The molecule has 4 heteroatoms. The molecule has 0 bridgehead atoms. The number of rotatable bonds is 1. The van der Waals surface area contributed by atoms with E-state index < -0.39 is 24.5 Å². The van der Waals surface area contributed by atoms with Crippen molar-refractivity contribution in [2.24, 2.45) is 0 Å². The van der Waals surface area contributed by atoms with Gasteiger partial charge in [-0.25, -0.2) is 4.39 Å². The summed E-state index contributed by atoms with van der Waals surface area (Å²) in [6.07, 6.45) is -3.88. The van der Waals surface area contributed by atoms with Gasteiger partial charge in [0, 0.05) is 0 Å². The van der Waals surface area contributed by atoms with Crippen LogP contribution >= 0.6 is 0 Å². The summed E-state index contributed by atoms with van der Waals surface area (Å²) in [5, 5.41) is 17.5. The predicted molar refractivity (Wildman–Crippen MR) is 32.3 cm³/mol. The molecule has 1 heterocycles. The molecule has 10 heavy (non-hydrogen) atoms. The second-order valence-electron chi connectivity index (χ2n) is 2.50. The number of aliphatic hydroxyl groups excluding tert-OH is 2. The zero-order valence-electron chi connectivity index (χ0n) is 5.70. The van der Waals surface area contributed by atoms with Crippen LogP contribution in [0, 0.1) is 0 Å². The first-order valence-electron chi connectivity index (χ1n) is 3.25. The molecule has 1 rings (SSSR count). The van der Waals surface area contributed by atoms with Gasteiger partial charge in [0.25, 0.3) is 0 Å². The number of hydrogen-bond acceptors (Lipinski definition) is 3. The van der Waals surface area contributed by atoms with Gasteiger partial charge in [0.1, 0.15) is 12.2 Å². The van der Waals surface area contributed by atoms with Crippen LogP contribution in [0.4, 0.5) is 4.39 Å². The molecule has 1 fully saturated rings. The number of halogens is 1. The lowest BCUT2D eigenvalue weighted by Gasteiger charge is -2.09. The summed E-state index contributed by atoms with van der Waals surface area (Å²) in [6.45, 7) is 1.20. The summed E-state index contributed by atoms with van der Waals surface area (Å²) in [6, 6.07) is 0. The minimum atomic E-state index is -1.36. The van der Waals surface area contributed by atoms with Gasteiger partial charge in [0.05, 0.1) is 12.7 Å². The van der Waals surface area contributed by atoms with Gasteiger partial charge < -0.3 is 14.9 Å². The van der Waals surface area contributed by atoms with Crippen LogP contribution in [0.3, 0.4) is 0 Å². The minimum absolute atomic E-state index is 0.327. The second-order valence-corrected chi connectivity index (χ2v) is 2.50. The van der Waals surface area contributed by atoms with Gasteiger partial charge in [-0.2, -0.15) is 0 Å². The van der Waals surface area contributed by atoms with Crippen LogP contribution in [-0.2, 0) is 4.74 Å². The summed E-state index contributed by atoms with van der Waals surface area (Å²) >= 11 is 0. The van der Waals surface area contributed by atoms with Crippen LogP contribution in [0.1, 0.15) is 6.92 Å². The molecule has 0 aromatic heterocycles. The Bertz CT molecular complexity index is 120. The van der Waals surface area contributed by atoms with Gasteiger partial charge in [0.2, 0.25) is 0 Å². The standard InChI is InChI=1S/C6H11FO3/c1-3-5(7)6(9)4(2-8)10-3/h3-6,8-9H,2H2,1H3/t3?,4-,5+,6-/m1/s1. The Balaban J connectivity index is 2.53. The van der Waals surface area contributed by atoms with Crippen LogP contribution in [0.15, 0.2) is 0 Å². The quantitative estimate of drug-likeness (QED) is 0.528. The SMILES string of the molecule is CC1O[C@H](CO)[C@@H](O)[C@H]1F. The van der Waals surface area contributed by atoms with Crippen molar-refractivity contribution in [1.29, 1.82) is 0 Å². The lowest BCUT2D eigenvalue weighted by Crippen LogP contribution is -2.30. The molecular formula is C6H11FO3. The van der Waals surface area contributed by atoms with E-state index in [9.17, 15) is 4.39 Å². The second kappa shape index (κ2) is 2.82. The smallest absolute Gasteiger partial charge is 0.154 e. The van der Waals surface area contributed by atoms with E-state index in [4.69, 9.17) is 14.9 Å². The maximum Gasteiger partial charge on any atom is 0.154 e. The fraction of sp³-hybridized carbons (Fsp3) is 1.00. The van der Waals surface area contributed by atoms with Crippen molar-refractivity contribution >= 4 is 0 Å². The van der Waals surface area contributed by atoms with E-state index in [2.05, 4.69) is 0 Å². The third-order valence-electron chi connectivity index (χ3n) is 1.73. The Morgan fingerprint density at radius 3 is 2.40 bits per heavy atom. The van der Waals surface area contributed by atoms with E-state index in [1.54, 1.807) is 0 Å². The third-order valence-corrected chi connectivity index (χ3v) is 1.73. The molecule has 0 amide bonds. The van der Waals surface area contributed by atoms with Crippen LogP contribution < -0.4 is 0 Å². The zero-order valence-corrected chi connectivity index (χ0v) is 5.70. The molecule has 1 aliphatic rings. The van der Waals surface area contributed by atoms with Gasteiger partial charge >= 0.3 is 0 Å². The van der Waals surface area contributed by atoms with Gasteiger partial charge in [-0.1, -0.05) is 0 Å². The summed E-state index contributed by atoms with van der Waals surface area (Å²) < 4.78 is 17.5. The minimum Gasteiger partial charge on any atom is -0.394 e. The van der Waals surface area contributed by atoms with Gasteiger partial charge in [-0.15, -0.1) is 0 Å². The van der Waals surface area contributed by atoms with E-state index in [0.717, 1.165) is 0 Å². The summed E-state index contributed by atoms with van der Waals surface area (Å²) in [5.41, 5.74) is 0. The van der Waals surface area contributed by atoms with Crippen LogP contribution in [0.5, 0.6) is 0 Å². The Morgan fingerprint density at radius 2 is 2.20 bits per heavy atom. The van der Waals surface area contributed by atoms with Gasteiger partial charge in [-0.3, -0.25) is 0 Å². The lowest BCUT2D eigenvalue weighted by atomic mass is 10.1. The summed E-state index contributed by atoms with van der Waals surface area (Å²) in [5.74, 6) is 0. The fourth-order valence-corrected chi connectivity index (χ4v) is 1.07. The molecule has 3 nitrogen and oxygen atoms in total. The van der Waals surface area contributed by atoms with Gasteiger partial charge in [0.15, 0.2) is 6.17 Å². The maximum absolute atomic E-state index is 12.7. The first-order valence-corrected chi connectivity index (χ1v) is 3.25. The van der Waals surface area contributed by atoms with Crippen molar-refractivity contribution in [2.75, 3.05) is 6.61 Å². The monoisotopic (exact) mass is 150 g/mol. The molecule has 2 N–H and O–H groups in total. The number of aliphatic hydroxyl groups is 2. The Labute approximate surface area is 58.4 Å². The molecule has 0 aromatic rings. The molecule has 60 valence electrons. The fourth-order valence-electron chi connectivity index (χ4n) is 1.07. The highest BCUT2D eigenvalue weighted by atomic mass is 19.1. The molecule has 1 saturated heterocycles. The molecular weight excluding hydrogens is 139 g/mol. The maximum atomic E-state index is 12.7. The van der Waals surface area contributed by atoms with Crippen molar-refractivity contribution in [3.8, 4) is 0 Å². The topological polar surface area (TPSA) is 49.7 Å². The van der Waals surface area contributed by atoms with Crippen molar-refractivity contribution in [1.82, 2.24) is 0 Å². The number of hydrogen-bond donors (Lipinski definition) is 2. The lowest BCUT2D eigenvalue weighted by molar-refractivity contribution is -0.0171. The summed E-state index contributed by atoms with van der Waals surface area (Å²) in [4.78, 5) is 0. The molecule has 0 radical (unpaired) electrons. The first-order chi connectivity index (χ1) is 4.66. The first kappa shape index (κ1) is 7.91. The molecule has 0 aromatic carbocycles. The number of alkyl halides is 1. The van der Waals surface area contributed by atoms with Crippen LogP contribution in [-0.4, -0.2) is 41.3 Å². The average molecular weight is 150 g/mol. The Morgan fingerprint density at radius 1 is 1.60 bits per heavy atom. The normalized spacial score (nSPS) is 48.0. The molecule has 1 unspecified atom stereocenters. The molecule has 0 saturated carbocycles. The van der Waals surface area contributed by atoms with E-state index in [1.807, 2.05) is 0 Å². The highest BCUT2D eigenvalue weighted by Crippen LogP contribution is 2.22. The van der Waals surface area contributed by atoms with E-state index in [-0.39, 0.29) is 6.61 Å². The number of ether oxygens (including phenoxy) is 1. The molecule has 0 spiro atoms. The molecule has 4 atom stereocenters. The predicted octanol–water partition coefficient (Wildman–Crippen LogP) is -0.535. The van der Waals surface area contributed by atoms with Crippen molar-refractivity contribution in [3.05, 3.63) is 0 Å². The molecule has 0 aliphatic carbocycles. The summed E-state index contributed by atoms with van der Waals surface area (Å²) in [7, 11) is 0. The molecule has 1 aliphatic heterocycles. The highest BCUT2D eigenvalue weighted by molar-refractivity contribution is 4.88. The van der Waals surface area contributed by atoms with Crippen LogP contribution in [0.25, 0.3) is 0 Å². The van der Waals surface area contributed by atoms with E-state index in [0.29, 0.717) is 0 Å². The average Bonchev–Trinajstić information content (AvgIpc) is 2.17. The van der Waals surface area contributed by atoms with E-state index in [1.165, 1.54) is 6.92 Å². The van der Waals surface area contributed by atoms with Crippen molar-refractivity contribution < 1.29 is 19.3 Å². The highest BCUT2D eigenvalue weighted by Gasteiger charge is 2.40.